The molecule has 11 nitrogen and oxygen atoms in total. The van der Waals surface area contributed by atoms with Gasteiger partial charge in [0.2, 0.25) is 5.75 Å². The number of nitro benzene ring substituents is 1. The second kappa shape index (κ2) is 13.8. The lowest BCUT2D eigenvalue weighted by Gasteiger charge is -2.18. The number of fused-ring (bicyclic) bond motifs is 1. The molecule has 0 atom stereocenters. The number of nitro groups is 1. The maximum Gasteiger partial charge on any atom is 0.335 e. The molecule has 1 aromatic heterocycles. The fourth-order valence-electron chi connectivity index (χ4n) is 5.05. The number of carboxylic acid groups (broad SMARTS) is 1. The average Bonchev–Trinajstić information content (AvgIpc) is 3.03. The Kier molecular flexibility index (Phi) is 9.67. The van der Waals surface area contributed by atoms with E-state index < -0.39 is 22.1 Å². The highest BCUT2D eigenvalue weighted by molar-refractivity contribution is 6.32. The number of aryl methyl sites for hydroxylation is 1. The first-order chi connectivity index (χ1) is 22.5. The number of benzene rings is 4. The van der Waals surface area contributed by atoms with Crippen molar-refractivity contribution in [1.82, 2.24) is 9.66 Å². The number of carboxylic acids is 1. The molecule has 0 unspecified atom stereocenters. The summed E-state index contributed by atoms with van der Waals surface area (Å²) in [5.41, 5.74) is 3.05. The van der Waals surface area contributed by atoms with Gasteiger partial charge < -0.3 is 14.6 Å². The molecule has 0 aliphatic heterocycles. The fraction of sp³-hybridized carbons (Fsp3) is 0.200. The number of rotatable bonds is 11. The Hall–Kier alpha value is -5.55. The van der Waals surface area contributed by atoms with Gasteiger partial charge in [0, 0.05) is 17.2 Å². The molecule has 1 N–H and O–H groups in total. The molecule has 0 radical (unpaired) electrons. The summed E-state index contributed by atoms with van der Waals surface area (Å²) in [6.45, 7) is 8.33. The molecule has 5 rings (SSSR count). The van der Waals surface area contributed by atoms with Gasteiger partial charge in [-0.05, 0) is 78.9 Å². The highest BCUT2D eigenvalue weighted by Crippen LogP contribution is 2.37. The molecule has 0 spiro atoms. The number of halogens is 1. The molecular formula is C35H31ClN4O7. The van der Waals surface area contributed by atoms with Crippen molar-refractivity contribution in [2.45, 2.75) is 40.2 Å². The second-order valence-corrected chi connectivity index (χ2v) is 11.4. The quantitative estimate of drug-likeness (QED) is 0.0869. The Morgan fingerprint density at radius 1 is 1.11 bits per heavy atom. The van der Waals surface area contributed by atoms with Gasteiger partial charge >= 0.3 is 11.7 Å². The third-order valence-electron chi connectivity index (χ3n) is 7.42. The summed E-state index contributed by atoms with van der Waals surface area (Å²) < 4.78 is 12.8. The number of hydrogen-bond acceptors (Lipinski definition) is 8. The molecular weight excluding hydrogens is 624 g/mol. The number of carbonyl (C=O) groups is 1. The van der Waals surface area contributed by atoms with Crippen LogP contribution in [0.15, 0.2) is 82.7 Å². The van der Waals surface area contributed by atoms with Crippen LogP contribution in [-0.2, 0) is 6.61 Å². The molecule has 0 amide bonds. The standard InChI is InChI=1S/C35H31ClN4O7/c1-5-46-31-14-21(4)27(17-26(31)20(2)3)33-38-29-9-7-6-8-25(29)34(41)39(33)37-18-23-15-28(36)32(30(16-23)40(44)45)47-19-22-10-12-24(13-11-22)35(42)43/h6-18,20H,5,19H2,1-4H3,(H,42,43). The second-order valence-electron chi connectivity index (χ2n) is 11.0. The van der Waals surface area contributed by atoms with Gasteiger partial charge in [-0.1, -0.05) is 49.7 Å². The van der Waals surface area contributed by atoms with Crippen LogP contribution < -0.4 is 15.0 Å². The number of nitrogens with zero attached hydrogens (tertiary/aromatic N) is 4. The Morgan fingerprint density at radius 2 is 1.83 bits per heavy atom. The average molecular weight is 655 g/mol. The third-order valence-corrected chi connectivity index (χ3v) is 7.70. The SMILES string of the molecule is CCOc1cc(C)c(-c2nc3ccccc3c(=O)n2N=Cc2cc(Cl)c(OCc3ccc(C(=O)O)cc3)c([N+](=O)[O-])c2)cc1C(C)C. The van der Waals surface area contributed by atoms with Gasteiger partial charge in [-0.15, -0.1) is 0 Å². The molecule has 1 heterocycles. The van der Waals surface area contributed by atoms with Gasteiger partial charge in [0.15, 0.2) is 5.82 Å². The normalized spacial score (nSPS) is 11.4. The van der Waals surface area contributed by atoms with Gasteiger partial charge in [-0.3, -0.25) is 14.9 Å². The number of aromatic carboxylic acids is 1. The zero-order valence-corrected chi connectivity index (χ0v) is 26.8. The molecule has 0 fully saturated rings. The Balaban J connectivity index is 1.57. The van der Waals surface area contributed by atoms with Crippen molar-refractivity contribution in [2.24, 2.45) is 5.10 Å². The maximum absolute atomic E-state index is 13.8. The lowest BCUT2D eigenvalue weighted by Crippen LogP contribution is -2.21. The van der Waals surface area contributed by atoms with Crippen molar-refractivity contribution in [3.63, 3.8) is 0 Å². The molecule has 47 heavy (non-hydrogen) atoms. The van der Waals surface area contributed by atoms with Crippen LogP contribution >= 0.6 is 11.6 Å². The third kappa shape index (κ3) is 7.00. The molecule has 0 aliphatic rings. The number of hydrogen-bond donors (Lipinski definition) is 1. The maximum atomic E-state index is 13.8. The molecule has 0 saturated heterocycles. The van der Waals surface area contributed by atoms with Crippen molar-refractivity contribution in [1.29, 1.82) is 0 Å². The van der Waals surface area contributed by atoms with Crippen LogP contribution in [0, 0.1) is 17.0 Å². The van der Waals surface area contributed by atoms with Crippen molar-refractivity contribution in [2.75, 3.05) is 6.61 Å². The minimum atomic E-state index is -1.07. The Labute approximate surface area is 274 Å². The summed E-state index contributed by atoms with van der Waals surface area (Å²) in [5.74, 6) is -0.0670. The predicted octanol–water partition coefficient (Wildman–Crippen LogP) is 7.62. The van der Waals surface area contributed by atoms with Gasteiger partial charge in [-0.25, -0.2) is 9.78 Å². The molecule has 12 heteroatoms. The van der Waals surface area contributed by atoms with Crippen molar-refractivity contribution in [3.05, 3.63) is 126 Å². The first-order valence-electron chi connectivity index (χ1n) is 14.7. The fourth-order valence-corrected chi connectivity index (χ4v) is 5.33. The Morgan fingerprint density at radius 3 is 2.49 bits per heavy atom. The van der Waals surface area contributed by atoms with Crippen LogP contribution in [0.5, 0.6) is 11.5 Å². The van der Waals surface area contributed by atoms with E-state index in [0.29, 0.717) is 34.5 Å². The van der Waals surface area contributed by atoms with Crippen LogP contribution in [0.1, 0.15) is 59.3 Å². The topological polar surface area (TPSA) is 146 Å². The van der Waals surface area contributed by atoms with E-state index in [1.54, 1.807) is 36.4 Å². The largest absolute Gasteiger partial charge is 0.494 e. The van der Waals surface area contributed by atoms with E-state index in [0.717, 1.165) is 16.9 Å². The summed E-state index contributed by atoms with van der Waals surface area (Å²) in [5, 5.41) is 25.9. The molecule has 240 valence electrons. The predicted molar refractivity (Wildman–Crippen MR) is 180 cm³/mol. The van der Waals surface area contributed by atoms with E-state index in [1.165, 1.54) is 35.2 Å². The summed E-state index contributed by atoms with van der Waals surface area (Å²) in [6, 6.07) is 19.4. The molecule has 4 aromatic carbocycles. The minimum absolute atomic E-state index is 0.0454. The highest BCUT2D eigenvalue weighted by Gasteiger charge is 2.22. The van der Waals surface area contributed by atoms with Crippen LogP contribution in [0.25, 0.3) is 22.3 Å². The highest BCUT2D eigenvalue weighted by atomic mass is 35.5. The Bertz CT molecular complexity index is 2090. The lowest BCUT2D eigenvalue weighted by atomic mass is 9.96. The van der Waals surface area contributed by atoms with E-state index in [-0.39, 0.29) is 34.4 Å². The summed E-state index contributed by atoms with van der Waals surface area (Å²) >= 11 is 6.48. The van der Waals surface area contributed by atoms with Crippen molar-refractivity contribution >= 4 is 40.4 Å². The number of para-hydroxylation sites is 1. The summed E-state index contributed by atoms with van der Waals surface area (Å²) in [6.07, 6.45) is 1.31. The first kappa shape index (κ1) is 32.8. The molecule has 0 saturated carbocycles. The lowest BCUT2D eigenvalue weighted by molar-refractivity contribution is -0.385. The zero-order chi connectivity index (χ0) is 33.8. The van der Waals surface area contributed by atoms with Gasteiger partial charge in [0.1, 0.15) is 12.4 Å². The van der Waals surface area contributed by atoms with Gasteiger partial charge in [0.05, 0.1) is 39.2 Å². The summed E-state index contributed by atoms with van der Waals surface area (Å²) in [7, 11) is 0. The van der Waals surface area contributed by atoms with Crippen LogP contribution in [0.2, 0.25) is 5.02 Å². The first-order valence-corrected chi connectivity index (χ1v) is 15.1. The monoisotopic (exact) mass is 654 g/mol. The van der Waals surface area contributed by atoms with Crippen LogP contribution in [0.4, 0.5) is 5.69 Å². The van der Waals surface area contributed by atoms with E-state index in [4.69, 9.17) is 31.2 Å². The zero-order valence-electron chi connectivity index (χ0n) is 26.1. The van der Waals surface area contributed by atoms with E-state index in [9.17, 15) is 19.7 Å². The minimum Gasteiger partial charge on any atom is -0.494 e. The van der Waals surface area contributed by atoms with E-state index in [1.807, 2.05) is 26.0 Å². The molecule has 0 aliphatic carbocycles. The summed E-state index contributed by atoms with van der Waals surface area (Å²) in [4.78, 5) is 41.2. The van der Waals surface area contributed by atoms with Crippen molar-refractivity contribution in [3.8, 4) is 22.9 Å². The van der Waals surface area contributed by atoms with Gasteiger partial charge in [-0.2, -0.15) is 9.78 Å². The number of aromatic nitrogens is 2. The molecule has 5 aromatic rings. The van der Waals surface area contributed by atoms with Crippen LogP contribution in [0.3, 0.4) is 0 Å². The molecule has 0 bridgehead atoms. The number of ether oxygens (including phenoxy) is 2. The van der Waals surface area contributed by atoms with Crippen LogP contribution in [-0.4, -0.2) is 38.5 Å². The van der Waals surface area contributed by atoms with Gasteiger partial charge in [0.25, 0.3) is 5.56 Å². The smallest absolute Gasteiger partial charge is 0.335 e. The van der Waals surface area contributed by atoms with Crippen molar-refractivity contribution < 1.29 is 24.3 Å². The van der Waals surface area contributed by atoms with E-state index in [2.05, 4.69) is 18.9 Å². The van der Waals surface area contributed by atoms with E-state index >= 15 is 0 Å².